The Hall–Kier alpha value is -2.11. The Balaban J connectivity index is 2.47. The Labute approximate surface area is 72.0 Å². The van der Waals surface area contributed by atoms with E-state index in [0.29, 0.717) is 11.4 Å². The zero-order valence-corrected chi connectivity index (χ0v) is 6.26. The Bertz CT molecular complexity index is 428. The molecule has 1 N–H and O–H groups in total. The minimum absolute atomic E-state index is 0.315. The number of dihydropyridines is 1. The smallest absolute Gasteiger partial charge is 0.341 e. The first-order valence-corrected chi connectivity index (χ1v) is 3.38. The van der Waals surface area contributed by atoms with Gasteiger partial charge in [0.05, 0.1) is 6.21 Å². The average Bonchev–Trinajstić information content (AvgIpc) is 2.48. The van der Waals surface area contributed by atoms with E-state index >= 15 is 0 Å². The van der Waals surface area contributed by atoms with Crippen molar-refractivity contribution in [2.75, 3.05) is 0 Å². The summed E-state index contributed by atoms with van der Waals surface area (Å²) < 4.78 is 0. The van der Waals surface area contributed by atoms with E-state index in [1.54, 1.807) is 0 Å². The van der Waals surface area contributed by atoms with Crippen molar-refractivity contribution in [2.45, 2.75) is 0 Å². The van der Waals surface area contributed by atoms with Gasteiger partial charge in [0.1, 0.15) is 17.0 Å². The number of rotatable bonds is 1. The van der Waals surface area contributed by atoms with E-state index in [1.165, 1.54) is 12.3 Å². The van der Waals surface area contributed by atoms with Gasteiger partial charge in [0, 0.05) is 0 Å². The highest BCUT2D eigenvalue weighted by molar-refractivity contribution is 6.69. The second kappa shape index (κ2) is 2.44. The fraction of sp³-hybridized carbons (Fsp3) is 0. The first-order valence-electron chi connectivity index (χ1n) is 3.38. The highest BCUT2D eigenvalue weighted by atomic mass is 16.4. The maximum Gasteiger partial charge on any atom is 0.341 e. The molecule has 0 spiro atoms. The summed E-state index contributed by atoms with van der Waals surface area (Å²) in [5.41, 5.74) is 0.250. The van der Waals surface area contributed by atoms with Gasteiger partial charge in [0.15, 0.2) is 0 Å². The monoisotopic (exact) mass is 177 g/mol. The van der Waals surface area contributed by atoms with Crippen molar-refractivity contribution in [3.05, 3.63) is 11.6 Å². The molecule has 0 atom stereocenters. The zero-order chi connectivity index (χ0) is 9.42. The number of carbonyl (C=O) groups is 2. The van der Waals surface area contributed by atoms with Gasteiger partial charge in [0.2, 0.25) is 0 Å². The number of carboxylic acid groups (broad SMARTS) is 1. The van der Waals surface area contributed by atoms with Gasteiger partial charge < -0.3 is 5.11 Å². The van der Waals surface area contributed by atoms with E-state index in [9.17, 15) is 9.59 Å². The molecule has 2 rings (SSSR count). The predicted octanol–water partition coefficient (Wildman–Crippen LogP) is -0.581. The number of allylic oxidation sites excluding steroid dienone is 1. The molecular formula is C7H3N3O3. The first kappa shape index (κ1) is 7.53. The number of hydrogen-bond donors (Lipinski definition) is 1. The van der Waals surface area contributed by atoms with Crippen LogP contribution >= 0.6 is 0 Å². The molecule has 6 nitrogen and oxygen atoms in total. The van der Waals surface area contributed by atoms with Crippen molar-refractivity contribution in [1.29, 1.82) is 0 Å². The van der Waals surface area contributed by atoms with Gasteiger partial charge in [-0.2, -0.15) is 5.10 Å². The number of carbonyl (C=O) groups excluding carboxylic acids is 1. The largest absolute Gasteiger partial charge is 0.477 e. The summed E-state index contributed by atoms with van der Waals surface area (Å²) in [7, 11) is 0. The van der Waals surface area contributed by atoms with Gasteiger partial charge in [-0.3, -0.25) is 4.79 Å². The van der Waals surface area contributed by atoms with Crippen LogP contribution in [-0.2, 0) is 9.59 Å². The van der Waals surface area contributed by atoms with E-state index in [2.05, 4.69) is 15.2 Å². The van der Waals surface area contributed by atoms with Crippen LogP contribution in [-0.4, -0.2) is 34.6 Å². The third-order valence-electron chi connectivity index (χ3n) is 1.57. The van der Waals surface area contributed by atoms with Gasteiger partial charge in [0.25, 0.3) is 5.91 Å². The minimum atomic E-state index is -1.30. The van der Waals surface area contributed by atoms with Crippen molar-refractivity contribution in [3.63, 3.8) is 0 Å². The lowest BCUT2D eigenvalue weighted by Crippen LogP contribution is -2.23. The summed E-state index contributed by atoms with van der Waals surface area (Å²) in [6.07, 6.45) is 2.47. The molecule has 6 heteroatoms. The molecule has 0 fully saturated rings. The van der Waals surface area contributed by atoms with Crippen LogP contribution in [0.2, 0.25) is 0 Å². The highest BCUT2D eigenvalue weighted by Gasteiger charge is 2.25. The molecule has 2 heterocycles. The lowest BCUT2D eigenvalue weighted by molar-refractivity contribution is -0.134. The van der Waals surface area contributed by atoms with E-state index < -0.39 is 11.9 Å². The lowest BCUT2D eigenvalue weighted by atomic mass is 10.1. The van der Waals surface area contributed by atoms with Crippen molar-refractivity contribution in [1.82, 2.24) is 0 Å². The Kier molecular flexibility index (Phi) is 1.42. The fourth-order valence-electron chi connectivity index (χ4n) is 0.973. The highest BCUT2D eigenvalue weighted by Crippen LogP contribution is 2.09. The summed E-state index contributed by atoms with van der Waals surface area (Å²) in [5, 5.41) is 15.7. The third kappa shape index (κ3) is 1.08. The summed E-state index contributed by atoms with van der Waals surface area (Å²) in [6.45, 7) is 0. The lowest BCUT2D eigenvalue weighted by Gasteiger charge is -2.03. The van der Waals surface area contributed by atoms with Crippen LogP contribution in [0.1, 0.15) is 0 Å². The van der Waals surface area contributed by atoms with Crippen LogP contribution in [0.5, 0.6) is 0 Å². The van der Waals surface area contributed by atoms with E-state index in [-0.39, 0.29) is 5.57 Å². The molecule has 0 saturated carbocycles. The molecule has 0 aromatic carbocycles. The molecule has 0 saturated heterocycles. The number of carboxylic acids is 1. The number of amides is 1. The summed E-state index contributed by atoms with van der Waals surface area (Å²) in [6, 6.07) is 0. The number of hydrogen-bond acceptors (Lipinski definition) is 4. The normalized spacial score (nSPS) is 19.1. The maximum absolute atomic E-state index is 11.0. The third-order valence-corrected chi connectivity index (χ3v) is 1.57. The summed E-state index contributed by atoms with van der Waals surface area (Å²) >= 11 is 0. The molecular weight excluding hydrogens is 174 g/mol. The first-order chi connectivity index (χ1) is 6.18. The van der Waals surface area contributed by atoms with Crippen molar-refractivity contribution >= 4 is 29.5 Å². The van der Waals surface area contributed by atoms with Crippen LogP contribution in [0.25, 0.3) is 0 Å². The molecule has 0 radical (unpaired) electrons. The van der Waals surface area contributed by atoms with Gasteiger partial charge in [-0.05, 0) is 6.08 Å². The second-order valence-corrected chi connectivity index (χ2v) is 2.40. The topological polar surface area (TPSA) is 91.4 Å². The molecule has 0 unspecified atom stereocenters. The molecule has 0 bridgehead atoms. The maximum atomic E-state index is 11.0. The van der Waals surface area contributed by atoms with Crippen LogP contribution in [0, 0.1) is 0 Å². The van der Waals surface area contributed by atoms with Crippen molar-refractivity contribution < 1.29 is 14.7 Å². The number of aliphatic imine (C=N–C) groups is 1. The van der Waals surface area contributed by atoms with Crippen LogP contribution in [0.4, 0.5) is 0 Å². The van der Waals surface area contributed by atoms with Gasteiger partial charge in [-0.15, -0.1) is 5.10 Å². The molecule has 0 aliphatic carbocycles. The fourth-order valence-corrected chi connectivity index (χ4v) is 0.973. The molecule has 1 amide bonds. The standard InChI is InChI=1S/C7H3N3O3/c11-6-3(7(12)13)1-4-5(9-6)2-8-10-4/h1-2H,(H,12,13). The molecule has 0 aromatic rings. The number of nitrogens with zero attached hydrogens (tertiary/aromatic N) is 3. The molecule has 13 heavy (non-hydrogen) atoms. The second-order valence-electron chi connectivity index (χ2n) is 2.40. The van der Waals surface area contributed by atoms with Crippen LogP contribution < -0.4 is 0 Å². The van der Waals surface area contributed by atoms with E-state index in [0.717, 1.165) is 0 Å². The quantitative estimate of drug-likeness (QED) is 0.543. The van der Waals surface area contributed by atoms with Gasteiger partial charge in [-0.25, -0.2) is 9.79 Å². The van der Waals surface area contributed by atoms with Crippen LogP contribution in [0.15, 0.2) is 26.8 Å². The molecule has 64 valence electrons. The predicted molar refractivity (Wildman–Crippen MR) is 44.1 cm³/mol. The average molecular weight is 177 g/mol. The van der Waals surface area contributed by atoms with Gasteiger partial charge in [-0.1, -0.05) is 0 Å². The summed E-state index contributed by atoms with van der Waals surface area (Å²) in [5.74, 6) is -2.07. The Morgan fingerprint density at radius 2 is 2.15 bits per heavy atom. The van der Waals surface area contributed by atoms with E-state index in [1.807, 2.05) is 0 Å². The number of aliphatic carboxylic acids is 1. The Morgan fingerprint density at radius 1 is 1.38 bits per heavy atom. The Morgan fingerprint density at radius 3 is 2.85 bits per heavy atom. The molecule has 2 aliphatic rings. The summed E-state index contributed by atoms with van der Waals surface area (Å²) in [4.78, 5) is 25.0. The van der Waals surface area contributed by atoms with Gasteiger partial charge >= 0.3 is 5.97 Å². The zero-order valence-electron chi connectivity index (χ0n) is 6.26. The van der Waals surface area contributed by atoms with Crippen LogP contribution in [0.3, 0.4) is 0 Å². The molecule has 0 aromatic heterocycles. The number of fused-ring (bicyclic) bond motifs is 1. The van der Waals surface area contributed by atoms with Crippen molar-refractivity contribution in [3.8, 4) is 0 Å². The minimum Gasteiger partial charge on any atom is -0.477 e. The van der Waals surface area contributed by atoms with E-state index in [4.69, 9.17) is 5.11 Å². The molecule has 2 aliphatic heterocycles. The SMILES string of the molecule is O=C(O)C1=CC2=NN=CC2=NC1=O. The van der Waals surface area contributed by atoms with Crippen molar-refractivity contribution in [2.24, 2.45) is 15.2 Å².